The maximum atomic E-state index is 9.13. The zero-order valence-electron chi connectivity index (χ0n) is 9.32. The highest BCUT2D eigenvalue weighted by Crippen LogP contribution is 2.20. The van der Waals surface area contributed by atoms with E-state index in [-0.39, 0.29) is 6.61 Å². The Balaban J connectivity index is 2.72. The van der Waals surface area contributed by atoms with Crippen LogP contribution in [0, 0.1) is 0 Å². The number of benzene rings is 1. The summed E-state index contributed by atoms with van der Waals surface area (Å²) in [7, 11) is 1.64. The van der Waals surface area contributed by atoms with E-state index in [0.29, 0.717) is 13.2 Å². The Bertz CT molecular complexity index is 297. The summed E-state index contributed by atoms with van der Waals surface area (Å²) in [4.78, 5) is 0. The van der Waals surface area contributed by atoms with Gasteiger partial charge in [-0.15, -0.1) is 0 Å². The van der Waals surface area contributed by atoms with Crippen LogP contribution < -0.4 is 4.74 Å². The minimum atomic E-state index is 0.00626. The van der Waals surface area contributed by atoms with Crippen LogP contribution in [0.15, 0.2) is 18.2 Å². The second kappa shape index (κ2) is 6.43. The van der Waals surface area contributed by atoms with Gasteiger partial charge in [-0.25, -0.2) is 0 Å². The molecule has 0 fully saturated rings. The molecule has 1 aromatic rings. The smallest absolute Gasteiger partial charge is 0.125 e. The molecule has 1 N–H and O–H groups in total. The van der Waals surface area contributed by atoms with E-state index in [4.69, 9.17) is 14.6 Å². The van der Waals surface area contributed by atoms with Crippen molar-refractivity contribution >= 4 is 0 Å². The van der Waals surface area contributed by atoms with Gasteiger partial charge in [0.25, 0.3) is 0 Å². The lowest BCUT2D eigenvalue weighted by atomic mass is 10.1. The van der Waals surface area contributed by atoms with E-state index in [0.717, 1.165) is 17.7 Å². The molecular weight excluding hydrogens is 192 g/mol. The van der Waals surface area contributed by atoms with Gasteiger partial charge >= 0.3 is 0 Å². The van der Waals surface area contributed by atoms with Crippen molar-refractivity contribution in [1.82, 2.24) is 0 Å². The minimum absolute atomic E-state index is 0.00626. The van der Waals surface area contributed by atoms with E-state index in [1.165, 1.54) is 5.56 Å². The largest absolute Gasteiger partial charge is 0.491 e. The summed E-state index contributed by atoms with van der Waals surface area (Å²) >= 11 is 0. The van der Waals surface area contributed by atoms with Crippen LogP contribution >= 0.6 is 0 Å². The number of aliphatic hydroxyl groups excluding tert-OH is 1. The molecule has 0 atom stereocenters. The molecule has 0 heterocycles. The normalized spacial score (nSPS) is 10.3. The van der Waals surface area contributed by atoms with E-state index in [9.17, 15) is 0 Å². The fourth-order valence-corrected chi connectivity index (χ4v) is 1.32. The van der Waals surface area contributed by atoms with Gasteiger partial charge < -0.3 is 14.6 Å². The second-order valence-electron chi connectivity index (χ2n) is 3.30. The van der Waals surface area contributed by atoms with Gasteiger partial charge in [-0.1, -0.05) is 19.1 Å². The topological polar surface area (TPSA) is 38.7 Å². The summed E-state index contributed by atoms with van der Waals surface area (Å²) in [5.41, 5.74) is 2.03. The predicted molar refractivity (Wildman–Crippen MR) is 59.1 cm³/mol. The average molecular weight is 210 g/mol. The van der Waals surface area contributed by atoms with Crippen molar-refractivity contribution in [2.45, 2.75) is 20.0 Å². The highest BCUT2D eigenvalue weighted by molar-refractivity contribution is 5.37. The first-order chi connectivity index (χ1) is 7.31. The van der Waals surface area contributed by atoms with E-state index in [1.54, 1.807) is 7.11 Å². The SMILES string of the molecule is CCc1ccc(CO)c(OCCOC)c1. The lowest BCUT2D eigenvalue weighted by molar-refractivity contribution is 0.144. The van der Waals surface area contributed by atoms with Gasteiger partial charge in [-0.3, -0.25) is 0 Å². The molecule has 0 saturated carbocycles. The standard InChI is InChI=1S/C12H18O3/c1-3-10-4-5-11(9-13)12(8-10)15-7-6-14-2/h4-5,8,13H,3,6-7,9H2,1-2H3. The number of methoxy groups -OCH3 is 1. The molecule has 0 radical (unpaired) electrons. The van der Waals surface area contributed by atoms with Gasteiger partial charge in [0.2, 0.25) is 0 Å². The summed E-state index contributed by atoms with van der Waals surface area (Å²) in [5, 5.41) is 9.13. The molecule has 0 aliphatic heterocycles. The van der Waals surface area contributed by atoms with Crippen LogP contribution in [0.1, 0.15) is 18.1 Å². The number of aryl methyl sites for hydroxylation is 1. The first-order valence-corrected chi connectivity index (χ1v) is 5.16. The molecule has 3 heteroatoms. The number of rotatable bonds is 6. The highest BCUT2D eigenvalue weighted by atomic mass is 16.5. The minimum Gasteiger partial charge on any atom is -0.491 e. The third-order valence-electron chi connectivity index (χ3n) is 2.26. The zero-order valence-corrected chi connectivity index (χ0v) is 9.32. The molecule has 0 amide bonds. The van der Waals surface area contributed by atoms with Gasteiger partial charge in [-0.2, -0.15) is 0 Å². The Morgan fingerprint density at radius 1 is 1.27 bits per heavy atom. The van der Waals surface area contributed by atoms with Gasteiger partial charge in [0.05, 0.1) is 13.2 Å². The van der Waals surface area contributed by atoms with E-state index in [2.05, 4.69) is 6.92 Å². The van der Waals surface area contributed by atoms with Gasteiger partial charge in [0.15, 0.2) is 0 Å². The monoisotopic (exact) mass is 210 g/mol. The van der Waals surface area contributed by atoms with Crippen LogP contribution in [0.5, 0.6) is 5.75 Å². The Kier molecular flexibility index (Phi) is 5.15. The first-order valence-electron chi connectivity index (χ1n) is 5.16. The third kappa shape index (κ3) is 3.53. The molecule has 84 valence electrons. The van der Waals surface area contributed by atoms with Crippen LogP contribution in [0.25, 0.3) is 0 Å². The number of hydrogen-bond donors (Lipinski definition) is 1. The van der Waals surface area contributed by atoms with Crippen molar-refractivity contribution in [1.29, 1.82) is 0 Å². The number of aliphatic hydroxyl groups is 1. The molecule has 0 aliphatic rings. The summed E-state index contributed by atoms with van der Waals surface area (Å²) in [6, 6.07) is 5.89. The Morgan fingerprint density at radius 2 is 2.07 bits per heavy atom. The Morgan fingerprint density at radius 3 is 2.67 bits per heavy atom. The van der Waals surface area contributed by atoms with Crippen molar-refractivity contribution < 1.29 is 14.6 Å². The first kappa shape index (κ1) is 12.0. The molecule has 3 nitrogen and oxygen atoms in total. The number of hydrogen-bond acceptors (Lipinski definition) is 3. The van der Waals surface area contributed by atoms with Crippen LogP contribution in [0.4, 0.5) is 0 Å². The van der Waals surface area contributed by atoms with E-state index >= 15 is 0 Å². The number of ether oxygens (including phenoxy) is 2. The van der Waals surface area contributed by atoms with Crippen molar-refractivity contribution in [2.75, 3.05) is 20.3 Å². The molecule has 1 aromatic carbocycles. The summed E-state index contributed by atoms with van der Waals surface area (Å²) in [5.74, 6) is 0.758. The predicted octanol–water partition coefficient (Wildman–Crippen LogP) is 1.77. The molecule has 0 saturated heterocycles. The Hall–Kier alpha value is -1.06. The highest BCUT2D eigenvalue weighted by Gasteiger charge is 2.03. The molecule has 15 heavy (non-hydrogen) atoms. The lowest BCUT2D eigenvalue weighted by Gasteiger charge is -2.11. The fourth-order valence-electron chi connectivity index (χ4n) is 1.32. The van der Waals surface area contributed by atoms with Crippen LogP contribution in [0.3, 0.4) is 0 Å². The quantitative estimate of drug-likeness (QED) is 0.727. The van der Waals surface area contributed by atoms with Crippen LogP contribution in [-0.2, 0) is 17.8 Å². The molecule has 0 bridgehead atoms. The molecule has 0 unspecified atom stereocenters. The fraction of sp³-hybridized carbons (Fsp3) is 0.500. The van der Waals surface area contributed by atoms with Crippen molar-refractivity contribution in [2.24, 2.45) is 0 Å². The van der Waals surface area contributed by atoms with Gasteiger partial charge in [-0.05, 0) is 18.1 Å². The molecule has 1 rings (SSSR count). The molecular formula is C12H18O3. The van der Waals surface area contributed by atoms with Crippen LogP contribution in [0.2, 0.25) is 0 Å². The average Bonchev–Trinajstić information content (AvgIpc) is 2.29. The van der Waals surface area contributed by atoms with Gasteiger partial charge in [0, 0.05) is 12.7 Å². The molecule has 0 aliphatic carbocycles. The van der Waals surface area contributed by atoms with Crippen molar-refractivity contribution in [3.63, 3.8) is 0 Å². The third-order valence-corrected chi connectivity index (χ3v) is 2.26. The van der Waals surface area contributed by atoms with E-state index in [1.807, 2.05) is 18.2 Å². The van der Waals surface area contributed by atoms with Crippen molar-refractivity contribution in [3.05, 3.63) is 29.3 Å². The van der Waals surface area contributed by atoms with Crippen molar-refractivity contribution in [3.8, 4) is 5.75 Å². The summed E-state index contributed by atoms with van der Waals surface area (Å²) in [6.07, 6.45) is 0.965. The summed E-state index contributed by atoms with van der Waals surface area (Å²) in [6.45, 7) is 3.16. The molecule has 0 spiro atoms. The van der Waals surface area contributed by atoms with E-state index < -0.39 is 0 Å². The maximum absolute atomic E-state index is 9.13. The molecule has 0 aromatic heterocycles. The summed E-state index contributed by atoms with van der Waals surface area (Å²) < 4.78 is 10.4. The zero-order chi connectivity index (χ0) is 11.1. The maximum Gasteiger partial charge on any atom is 0.125 e. The van der Waals surface area contributed by atoms with Gasteiger partial charge in [0.1, 0.15) is 12.4 Å². The Labute approximate surface area is 90.6 Å². The second-order valence-corrected chi connectivity index (χ2v) is 3.30. The lowest BCUT2D eigenvalue weighted by Crippen LogP contribution is -2.06. The van der Waals surface area contributed by atoms with Crippen LogP contribution in [-0.4, -0.2) is 25.4 Å².